The van der Waals surface area contributed by atoms with E-state index in [1.165, 1.54) is 9.76 Å². The number of aromatic amines is 1. The Morgan fingerprint density at radius 1 is 1.89 bits per heavy atom. The number of nitriles is 1. The van der Waals surface area contributed by atoms with Crippen molar-refractivity contribution in [2.75, 3.05) is 0 Å². The molecule has 0 spiro atoms. The molecule has 0 radical (unpaired) electrons. The predicted octanol–water partition coefficient (Wildman–Crippen LogP) is -0.875. The van der Waals surface area contributed by atoms with Gasteiger partial charge in [-0.05, 0) is 0 Å². The fourth-order valence-electron chi connectivity index (χ4n) is 0.416. The number of nitrogens with zero attached hydrogens (tertiary/aromatic N) is 2. The van der Waals surface area contributed by atoms with Crippen molar-refractivity contribution < 1.29 is 0 Å². The Hall–Kier alpha value is -0.981. The van der Waals surface area contributed by atoms with Crippen molar-refractivity contribution in [3.8, 4) is 4.97 Å². The first-order valence-electron chi connectivity index (χ1n) is 2.17. The minimum absolute atomic E-state index is 0.160. The summed E-state index contributed by atoms with van der Waals surface area (Å²) in [6.07, 6.45) is 1.56. The third kappa shape index (κ3) is 1.46. The van der Waals surface area contributed by atoms with Gasteiger partial charge in [-0.1, -0.05) is 0 Å². The van der Waals surface area contributed by atoms with E-state index in [0.29, 0.717) is 0 Å². The van der Waals surface area contributed by atoms with Crippen LogP contribution in [-0.4, -0.2) is 24.0 Å². The molecule has 0 fully saturated rings. The van der Waals surface area contributed by atoms with Crippen LogP contribution in [0.3, 0.4) is 0 Å². The number of rotatable bonds is 1. The summed E-state index contributed by atoms with van der Waals surface area (Å²) in [4.78, 5) is 12.3. The van der Waals surface area contributed by atoms with E-state index in [4.69, 9.17) is 5.26 Å². The SMILES string of the molecule is N#C[Se]n1ccc(=O)[nH]1. The van der Waals surface area contributed by atoms with Crippen LogP contribution in [0.15, 0.2) is 17.1 Å². The van der Waals surface area contributed by atoms with Gasteiger partial charge in [0.1, 0.15) is 0 Å². The molecule has 0 bridgehead atoms. The molecule has 0 saturated carbocycles. The fraction of sp³-hybridized carbons (Fsp3) is 0. The maximum atomic E-state index is 10.4. The van der Waals surface area contributed by atoms with Gasteiger partial charge in [-0.25, -0.2) is 0 Å². The molecule has 0 aliphatic carbocycles. The topological polar surface area (TPSA) is 61.6 Å². The van der Waals surface area contributed by atoms with Gasteiger partial charge in [-0.15, -0.1) is 0 Å². The molecule has 5 heteroatoms. The van der Waals surface area contributed by atoms with Gasteiger partial charge < -0.3 is 0 Å². The van der Waals surface area contributed by atoms with E-state index >= 15 is 0 Å². The summed E-state index contributed by atoms with van der Waals surface area (Å²) < 4.78 is 1.48. The molecule has 0 atom stereocenters. The summed E-state index contributed by atoms with van der Waals surface area (Å²) in [5, 5.41) is 10.6. The van der Waals surface area contributed by atoms with Crippen LogP contribution in [0.5, 0.6) is 0 Å². The average Bonchev–Trinajstić information content (AvgIpc) is 2.17. The van der Waals surface area contributed by atoms with Gasteiger partial charge in [0.25, 0.3) is 0 Å². The monoisotopic (exact) mass is 189 g/mol. The molecule has 1 aromatic heterocycles. The van der Waals surface area contributed by atoms with Crippen molar-refractivity contribution in [3.63, 3.8) is 0 Å². The molecule has 1 rings (SSSR count). The second-order valence-electron chi connectivity index (χ2n) is 1.30. The van der Waals surface area contributed by atoms with Crippen LogP contribution in [0.25, 0.3) is 0 Å². The zero-order chi connectivity index (χ0) is 6.69. The molecular weight excluding hydrogens is 185 g/mol. The van der Waals surface area contributed by atoms with Gasteiger partial charge in [0.15, 0.2) is 0 Å². The molecule has 9 heavy (non-hydrogen) atoms. The molecule has 0 saturated heterocycles. The second kappa shape index (κ2) is 2.53. The molecule has 0 unspecified atom stereocenters. The van der Waals surface area contributed by atoms with Gasteiger partial charge in [0.05, 0.1) is 0 Å². The molecule has 0 aromatic carbocycles. The van der Waals surface area contributed by atoms with E-state index in [9.17, 15) is 4.79 Å². The summed E-state index contributed by atoms with van der Waals surface area (Å²) in [5.41, 5.74) is -0.160. The molecule has 1 N–H and O–H groups in total. The fourth-order valence-corrected chi connectivity index (χ4v) is 1.14. The van der Waals surface area contributed by atoms with Crippen molar-refractivity contribution in [1.82, 2.24) is 8.80 Å². The van der Waals surface area contributed by atoms with E-state index in [1.54, 1.807) is 6.20 Å². The summed E-state index contributed by atoms with van der Waals surface area (Å²) in [7, 11) is 0. The van der Waals surface area contributed by atoms with Crippen LogP contribution in [0.1, 0.15) is 0 Å². The Kier molecular flexibility index (Phi) is 1.73. The summed E-state index contributed by atoms with van der Waals surface area (Å²) in [5.74, 6) is 0. The van der Waals surface area contributed by atoms with Gasteiger partial charge in [-0.3, -0.25) is 0 Å². The quantitative estimate of drug-likeness (QED) is 0.582. The van der Waals surface area contributed by atoms with Crippen LogP contribution < -0.4 is 5.56 Å². The number of hydrogen-bond donors (Lipinski definition) is 1. The van der Waals surface area contributed by atoms with Crippen LogP contribution >= 0.6 is 0 Å². The molecule has 1 aromatic rings. The zero-order valence-corrected chi connectivity index (χ0v) is 6.08. The standard InChI is InChI=1S/C4H3N3OSe/c5-3-9-7-2-1-4(8)6-7/h1-2H,(H,6,8). The molecule has 0 aliphatic heterocycles. The van der Waals surface area contributed by atoms with Crippen LogP contribution in [0, 0.1) is 10.2 Å². The number of H-pyrrole nitrogens is 1. The molecule has 1 heterocycles. The third-order valence-corrected chi connectivity index (χ3v) is 1.75. The molecule has 4 nitrogen and oxygen atoms in total. The summed E-state index contributed by atoms with van der Waals surface area (Å²) >= 11 is -0.303. The van der Waals surface area contributed by atoms with E-state index in [2.05, 4.69) is 5.10 Å². The number of aromatic nitrogens is 2. The van der Waals surface area contributed by atoms with Crippen molar-refractivity contribution >= 4 is 15.2 Å². The van der Waals surface area contributed by atoms with Crippen LogP contribution in [0.2, 0.25) is 0 Å². The second-order valence-corrected chi connectivity index (χ2v) is 2.89. The Labute approximate surface area is 57.5 Å². The van der Waals surface area contributed by atoms with Gasteiger partial charge in [0, 0.05) is 0 Å². The van der Waals surface area contributed by atoms with E-state index < -0.39 is 0 Å². The molecule has 0 aliphatic rings. The first-order chi connectivity index (χ1) is 4.33. The van der Waals surface area contributed by atoms with Crippen LogP contribution in [0.4, 0.5) is 0 Å². The van der Waals surface area contributed by atoms with Crippen molar-refractivity contribution in [1.29, 1.82) is 5.26 Å². The molecular formula is C4H3N3OSe. The number of hydrogen-bond acceptors (Lipinski definition) is 2. The third-order valence-electron chi connectivity index (χ3n) is 0.721. The van der Waals surface area contributed by atoms with Crippen LogP contribution in [-0.2, 0) is 0 Å². The Bertz CT molecular complexity index is 280. The number of nitrogens with one attached hydrogen (secondary N) is 1. The Morgan fingerprint density at radius 2 is 2.67 bits per heavy atom. The Balaban J connectivity index is 2.88. The predicted molar refractivity (Wildman–Crippen MR) is 31.8 cm³/mol. The van der Waals surface area contributed by atoms with Gasteiger partial charge in [0.2, 0.25) is 0 Å². The normalized spacial score (nSPS) is 8.78. The summed E-state index contributed by atoms with van der Waals surface area (Å²) in [6.45, 7) is 0. The van der Waals surface area contributed by atoms with E-state index in [0.717, 1.165) is 0 Å². The van der Waals surface area contributed by atoms with Gasteiger partial charge >= 0.3 is 56.8 Å². The first kappa shape index (κ1) is 6.14. The van der Waals surface area contributed by atoms with E-state index in [1.807, 2.05) is 4.97 Å². The van der Waals surface area contributed by atoms with Crippen molar-refractivity contribution in [2.24, 2.45) is 0 Å². The Morgan fingerprint density at radius 3 is 3.11 bits per heavy atom. The van der Waals surface area contributed by atoms with Crippen molar-refractivity contribution in [2.45, 2.75) is 0 Å². The zero-order valence-electron chi connectivity index (χ0n) is 4.37. The minimum atomic E-state index is -0.303. The maximum absolute atomic E-state index is 10.4. The molecule has 0 amide bonds. The summed E-state index contributed by atoms with van der Waals surface area (Å²) in [6, 6.07) is 1.39. The van der Waals surface area contributed by atoms with E-state index in [-0.39, 0.29) is 20.7 Å². The van der Waals surface area contributed by atoms with Gasteiger partial charge in [-0.2, -0.15) is 0 Å². The van der Waals surface area contributed by atoms with Crippen molar-refractivity contribution in [3.05, 3.63) is 22.6 Å². The average molecular weight is 188 g/mol. The molecule has 46 valence electrons. The first-order valence-corrected chi connectivity index (χ1v) is 3.79.